The van der Waals surface area contributed by atoms with Gasteiger partial charge in [0.2, 0.25) is 10.0 Å². The van der Waals surface area contributed by atoms with Crippen LogP contribution in [0.15, 0.2) is 21.5 Å². The predicted octanol–water partition coefficient (Wildman–Crippen LogP) is 3.32. The number of ether oxygens (including phenoxy) is 1. The van der Waals surface area contributed by atoms with E-state index in [1.54, 1.807) is 6.07 Å². The topological polar surface area (TPSA) is 69.4 Å². The van der Waals surface area contributed by atoms with Gasteiger partial charge in [-0.25, -0.2) is 13.6 Å². The molecule has 0 saturated heterocycles. The number of rotatable bonds is 6. The average Bonchev–Trinajstić information content (AvgIpc) is 2.24. The quantitative estimate of drug-likeness (QED) is 0.795. The van der Waals surface area contributed by atoms with Crippen molar-refractivity contribution in [2.75, 3.05) is 6.61 Å². The van der Waals surface area contributed by atoms with Crippen molar-refractivity contribution in [3.8, 4) is 5.75 Å². The summed E-state index contributed by atoms with van der Waals surface area (Å²) in [5.74, 6) is 0.124. The minimum Gasteiger partial charge on any atom is -0.491 e. The van der Waals surface area contributed by atoms with Crippen molar-refractivity contribution in [2.24, 2.45) is 5.14 Å². The summed E-state index contributed by atoms with van der Waals surface area (Å²) >= 11 is 9.15. The molecule has 0 aliphatic heterocycles. The molecule has 0 aliphatic rings. The first-order valence-corrected chi connectivity index (χ1v) is 8.22. The smallest absolute Gasteiger partial charge is 0.241 e. The molecule has 0 aromatic heterocycles. The van der Waals surface area contributed by atoms with E-state index in [2.05, 4.69) is 22.9 Å². The van der Waals surface area contributed by atoms with Crippen molar-refractivity contribution in [1.82, 2.24) is 0 Å². The van der Waals surface area contributed by atoms with E-state index in [0.717, 1.165) is 19.3 Å². The number of nitrogens with two attached hydrogens (primary N) is 1. The van der Waals surface area contributed by atoms with Gasteiger partial charge in [0.05, 0.1) is 11.6 Å². The Labute approximate surface area is 121 Å². The number of halogens is 2. The summed E-state index contributed by atoms with van der Waals surface area (Å²) in [5.41, 5.74) is 0. The molecule has 0 atom stereocenters. The molecule has 0 aliphatic carbocycles. The first-order valence-electron chi connectivity index (χ1n) is 5.51. The molecule has 0 fully saturated rings. The van der Waals surface area contributed by atoms with Crippen molar-refractivity contribution < 1.29 is 13.2 Å². The third-order valence-corrected chi connectivity index (χ3v) is 3.93. The zero-order valence-corrected chi connectivity index (χ0v) is 13.1. The third-order valence-electron chi connectivity index (χ3n) is 2.28. The van der Waals surface area contributed by atoms with Gasteiger partial charge in [0.15, 0.2) is 5.75 Å². The van der Waals surface area contributed by atoms with Crippen molar-refractivity contribution in [2.45, 2.75) is 31.1 Å². The van der Waals surface area contributed by atoms with E-state index in [-0.39, 0.29) is 15.7 Å². The average molecular weight is 357 g/mol. The van der Waals surface area contributed by atoms with Gasteiger partial charge < -0.3 is 4.74 Å². The van der Waals surface area contributed by atoms with Gasteiger partial charge >= 0.3 is 0 Å². The Hall–Kier alpha value is -0.300. The maximum atomic E-state index is 11.5. The SMILES string of the molecule is CCCCCOc1c(Cl)cc(Br)cc1S(N)(=O)=O. The molecule has 0 unspecified atom stereocenters. The second kappa shape index (κ2) is 6.75. The summed E-state index contributed by atoms with van der Waals surface area (Å²) in [6, 6.07) is 2.96. The molecule has 0 saturated carbocycles. The molecule has 0 heterocycles. The molecule has 18 heavy (non-hydrogen) atoms. The van der Waals surface area contributed by atoms with Gasteiger partial charge in [-0.15, -0.1) is 0 Å². The third kappa shape index (κ3) is 4.42. The lowest BCUT2D eigenvalue weighted by molar-refractivity contribution is 0.299. The standard InChI is InChI=1S/C11H15BrClNO3S/c1-2-3-4-5-17-11-9(13)6-8(12)7-10(11)18(14,15)16/h6-7H,2-5H2,1H3,(H2,14,15,16). The summed E-state index contributed by atoms with van der Waals surface area (Å²) in [6.45, 7) is 2.49. The number of unbranched alkanes of at least 4 members (excludes halogenated alkanes) is 2. The van der Waals surface area contributed by atoms with Gasteiger partial charge in [0.1, 0.15) is 4.90 Å². The fourth-order valence-corrected chi connectivity index (χ4v) is 3.20. The maximum absolute atomic E-state index is 11.5. The number of hydrogen-bond donors (Lipinski definition) is 1. The number of benzene rings is 1. The normalized spacial score (nSPS) is 11.6. The predicted molar refractivity (Wildman–Crippen MR) is 75.5 cm³/mol. The minimum absolute atomic E-state index is 0.0987. The summed E-state index contributed by atoms with van der Waals surface area (Å²) in [6.07, 6.45) is 2.91. The summed E-state index contributed by atoms with van der Waals surface area (Å²) in [7, 11) is -3.86. The van der Waals surface area contributed by atoms with Crippen LogP contribution in [-0.2, 0) is 10.0 Å². The molecule has 102 valence electrons. The van der Waals surface area contributed by atoms with Gasteiger partial charge in [-0.2, -0.15) is 0 Å². The van der Waals surface area contributed by atoms with E-state index >= 15 is 0 Å². The Kier molecular flexibility index (Phi) is 5.91. The molecule has 2 N–H and O–H groups in total. The summed E-state index contributed by atoms with van der Waals surface area (Å²) in [5, 5.41) is 5.37. The van der Waals surface area contributed by atoms with Crippen LogP contribution in [0.25, 0.3) is 0 Å². The van der Waals surface area contributed by atoms with Crippen LogP contribution < -0.4 is 9.88 Å². The van der Waals surface area contributed by atoms with Crippen LogP contribution in [0.3, 0.4) is 0 Å². The van der Waals surface area contributed by atoms with Gasteiger partial charge in [0.25, 0.3) is 0 Å². The molecule has 1 rings (SSSR count). The molecular formula is C11H15BrClNO3S. The zero-order valence-electron chi connectivity index (χ0n) is 9.95. The van der Waals surface area contributed by atoms with Crippen LogP contribution in [0, 0.1) is 0 Å². The molecule has 0 radical (unpaired) electrons. The van der Waals surface area contributed by atoms with Crippen molar-refractivity contribution in [3.63, 3.8) is 0 Å². The largest absolute Gasteiger partial charge is 0.491 e. The number of sulfonamides is 1. The molecule has 0 bridgehead atoms. The highest BCUT2D eigenvalue weighted by Crippen LogP contribution is 2.35. The van der Waals surface area contributed by atoms with Gasteiger partial charge in [-0.05, 0) is 18.6 Å². The van der Waals surface area contributed by atoms with Crippen LogP contribution in [0.4, 0.5) is 0 Å². The van der Waals surface area contributed by atoms with Crippen molar-refractivity contribution >= 4 is 37.6 Å². The molecule has 1 aromatic carbocycles. The fraction of sp³-hybridized carbons (Fsp3) is 0.455. The lowest BCUT2D eigenvalue weighted by Crippen LogP contribution is -2.14. The van der Waals surface area contributed by atoms with Gasteiger partial charge in [-0.1, -0.05) is 47.3 Å². The second-order valence-electron chi connectivity index (χ2n) is 3.82. The molecular weight excluding hydrogens is 342 g/mol. The summed E-state index contributed by atoms with van der Waals surface area (Å²) in [4.78, 5) is -0.0987. The Morgan fingerprint density at radius 3 is 2.61 bits per heavy atom. The Morgan fingerprint density at radius 2 is 2.06 bits per heavy atom. The van der Waals surface area contributed by atoms with Crippen LogP contribution in [0.2, 0.25) is 5.02 Å². The van der Waals surface area contributed by atoms with Crippen molar-refractivity contribution in [1.29, 1.82) is 0 Å². The minimum atomic E-state index is -3.86. The fourth-order valence-electron chi connectivity index (χ4n) is 1.41. The van der Waals surface area contributed by atoms with Crippen LogP contribution in [0.5, 0.6) is 5.75 Å². The lowest BCUT2D eigenvalue weighted by atomic mass is 10.3. The molecule has 4 nitrogen and oxygen atoms in total. The van der Waals surface area contributed by atoms with Gasteiger partial charge in [0, 0.05) is 4.47 Å². The molecule has 0 amide bonds. The monoisotopic (exact) mass is 355 g/mol. The molecule has 7 heteroatoms. The van der Waals surface area contributed by atoms with E-state index in [0.29, 0.717) is 11.1 Å². The van der Waals surface area contributed by atoms with Crippen LogP contribution >= 0.6 is 27.5 Å². The van der Waals surface area contributed by atoms with E-state index in [4.69, 9.17) is 21.5 Å². The van der Waals surface area contributed by atoms with E-state index < -0.39 is 10.0 Å². The van der Waals surface area contributed by atoms with Crippen LogP contribution in [0.1, 0.15) is 26.2 Å². The zero-order chi connectivity index (χ0) is 13.8. The second-order valence-corrected chi connectivity index (χ2v) is 6.67. The number of hydrogen-bond acceptors (Lipinski definition) is 3. The number of primary sulfonamides is 1. The van der Waals surface area contributed by atoms with E-state index in [1.165, 1.54) is 6.07 Å². The summed E-state index contributed by atoms with van der Waals surface area (Å²) < 4.78 is 28.9. The maximum Gasteiger partial charge on any atom is 0.241 e. The van der Waals surface area contributed by atoms with Gasteiger partial charge in [-0.3, -0.25) is 0 Å². The lowest BCUT2D eigenvalue weighted by Gasteiger charge is -2.12. The first-order chi connectivity index (χ1) is 8.36. The highest BCUT2D eigenvalue weighted by molar-refractivity contribution is 9.10. The van der Waals surface area contributed by atoms with Crippen molar-refractivity contribution in [3.05, 3.63) is 21.6 Å². The van der Waals surface area contributed by atoms with E-state index in [9.17, 15) is 8.42 Å². The first kappa shape index (κ1) is 15.8. The highest BCUT2D eigenvalue weighted by atomic mass is 79.9. The van der Waals surface area contributed by atoms with Crippen LogP contribution in [-0.4, -0.2) is 15.0 Å². The van der Waals surface area contributed by atoms with E-state index in [1.807, 2.05) is 0 Å². The Bertz CT molecular complexity index is 519. The highest BCUT2D eigenvalue weighted by Gasteiger charge is 2.19. The Morgan fingerprint density at radius 1 is 1.39 bits per heavy atom. The Balaban J connectivity index is 3.02. The molecule has 0 spiro atoms. The molecule has 1 aromatic rings.